The fourth-order valence-corrected chi connectivity index (χ4v) is 20.6. The second-order valence-electron chi connectivity index (χ2n) is 28.1. The van der Waals surface area contributed by atoms with E-state index in [2.05, 4.69) is 81.4 Å². The molecule has 0 aromatic rings. The fourth-order valence-electron chi connectivity index (χ4n) is 18.8. The molecule has 0 heterocycles. The van der Waals surface area contributed by atoms with Crippen molar-refractivity contribution < 1.29 is 146 Å². The van der Waals surface area contributed by atoms with Crippen LogP contribution in [0.2, 0.25) is 0 Å². The summed E-state index contributed by atoms with van der Waals surface area (Å²) < 4.78 is 36.6. The zero-order valence-electron chi connectivity index (χ0n) is 52.0. The molecule has 8 rings (SSSR count). The largest absolute Gasteiger partial charge is 1.00 e. The van der Waals surface area contributed by atoms with Gasteiger partial charge in [-0.1, -0.05) is 146 Å². The van der Waals surface area contributed by atoms with Gasteiger partial charge in [0.1, 0.15) is 5.78 Å². The molecule has 2 unspecified atom stereocenters. The number of carbonyl (C=O) groups excluding carboxylic acids is 2. The van der Waals surface area contributed by atoms with Crippen LogP contribution in [0.3, 0.4) is 0 Å². The number of halogens is 1. The van der Waals surface area contributed by atoms with Crippen molar-refractivity contribution in [2.45, 2.75) is 257 Å². The molecule has 0 aromatic heterocycles. The third-order valence-electron chi connectivity index (χ3n) is 23.0. The van der Waals surface area contributed by atoms with Crippen molar-refractivity contribution in [2.75, 3.05) is 36.2 Å². The van der Waals surface area contributed by atoms with E-state index in [9.17, 15) is 18.0 Å². The first-order valence-corrected chi connectivity index (χ1v) is 33.9. The Bertz CT molecular complexity index is 1950. The number of rotatable bonds is 24. The minimum atomic E-state index is -0.966. The van der Waals surface area contributed by atoms with E-state index >= 15 is 0 Å². The average molecular weight is 1220 g/mol. The number of ether oxygens (including phenoxy) is 2. The monoisotopic (exact) mass is 1210 g/mol. The Hall–Kier alpha value is 2.16. The van der Waals surface area contributed by atoms with Crippen LogP contribution >= 0.6 is 0 Å². The Kier molecular flexibility index (Phi) is 38.4. The number of allylic oxidation sites excluding steroid dienone is 2. The molecule has 6 fully saturated rings. The van der Waals surface area contributed by atoms with Gasteiger partial charge in [-0.15, -0.1) is 6.42 Å². The maximum Gasteiger partial charge on any atom is 1.00 e. The van der Waals surface area contributed by atoms with Crippen LogP contribution in [0, 0.1) is 92.7 Å². The van der Waals surface area contributed by atoms with Gasteiger partial charge in [0, 0.05) is 45.3 Å². The number of carbonyl (C=O) groups is 1. The van der Waals surface area contributed by atoms with Gasteiger partial charge in [-0.3, -0.25) is 24.2 Å². The molecule has 80 heavy (non-hydrogen) atoms. The SMILES string of the molecule is C.C.CC(=O)CCS(=O)CCO[C@H]1CC[C@@]2(C)C(=CC[C@H]3[C@@H]4CC[C@H]([C@H](C)CCCC(C)C)[C@@]4(C)CC[C@@H]32)C1.CC(C)CCC[C@@H](C)[C@H]1CC[C@H]2[C@@H]3CC=C4C[C@@H](OCCS(=O)CC[C-]=O)CC[C@]4(C)[C@H]3CC[C@]12C.F.[K+].[K+].[OH-].[OH-]. The van der Waals surface area contributed by atoms with Crippen molar-refractivity contribution in [3.8, 4) is 0 Å². The van der Waals surface area contributed by atoms with Crippen LogP contribution < -0.4 is 103 Å². The van der Waals surface area contributed by atoms with Gasteiger partial charge in [0.05, 0.1) is 25.4 Å². The van der Waals surface area contributed by atoms with Crippen LogP contribution in [0.5, 0.6) is 0 Å². The number of fused-ring (bicyclic) bond motifs is 10. The molecule has 0 bridgehead atoms. The molecule has 0 spiro atoms. The Balaban J connectivity index is 0.00000144. The number of Topliss-reactive ketones (excluding diaryl/α,β-unsaturated/α-hetero) is 1. The van der Waals surface area contributed by atoms with Crippen LogP contribution in [-0.2, 0) is 40.7 Å². The van der Waals surface area contributed by atoms with Crippen LogP contribution in [0.25, 0.3) is 0 Å². The maximum atomic E-state index is 12.2. The molecule has 0 radical (unpaired) electrons. The standard InChI is InChI=1S/C33H56O3S.C32H53O3S.2CH4.FH.2K.2H2O/c1-23(2)8-7-9-24(3)29-12-13-30-28-11-10-26-22-27(36-19-21-37(35)20-16-25(4)34)14-17-32(26,5)31(28)15-18-33(29,30)6;1-23(2)8-6-9-24(3)28-12-13-29-27-11-10-25-22-26(35-19-21-36(34)20-7-18-33)14-16-31(25,4)30(27)15-17-32(28,29)5;;;;;;;/h10,23-24,27-31H,7-9,11-22H2,1-6H3;10,23-24,26-30H,6-9,11-17,19-22H2,1-5H3;2*1H4;1H;;;2*1H2/q;-1;;;;2*+1;;/p-2/t24-,27+,28+,29-,30+,31+,32+,33-,37?;24-,26+,27+,28-,29+,30+,31+,32-,36?;;;;;;;/m11......./s1. The van der Waals surface area contributed by atoms with Crippen molar-refractivity contribution in [3.05, 3.63) is 23.3 Å². The van der Waals surface area contributed by atoms with Gasteiger partial charge in [0.2, 0.25) is 0 Å². The molecular weight excluding hydrogens is 1090 g/mol. The topological polar surface area (TPSA) is 147 Å². The van der Waals surface area contributed by atoms with Crippen molar-refractivity contribution in [3.63, 3.8) is 0 Å². The second kappa shape index (κ2) is 37.4. The van der Waals surface area contributed by atoms with E-state index < -0.39 is 21.6 Å². The molecule has 18 atom stereocenters. The Morgan fingerprint density at radius 3 is 1.36 bits per heavy atom. The van der Waals surface area contributed by atoms with Gasteiger partial charge in [-0.25, -0.2) is 0 Å². The Morgan fingerprint density at radius 2 is 0.988 bits per heavy atom. The van der Waals surface area contributed by atoms with Crippen LogP contribution in [0.15, 0.2) is 23.3 Å². The van der Waals surface area contributed by atoms with Gasteiger partial charge >= 0.3 is 103 Å². The zero-order valence-corrected chi connectivity index (χ0v) is 59.9. The summed E-state index contributed by atoms with van der Waals surface area (Å²) in [6.45, 7) is 27.8. The molecule has 458 valence electrons. The number of hydrogen-bond donors (Lipinski definition) is 0. The molecule has 0 amide bonds. The summed E-state index contributed by atoms with van der Waals surface area (Å²) >= 11 is 0. The zero-order chi connectivity index (χ0) is 52.7. The van der Waals surface area contributed by atoms with Gasteiger partial charge in [-0.05, 0) is 208 Å². The van der Waals surface area contributed by atoms with Crippen LogP contribution in [0.4, 0.5) is 4.70 Å². The predicted molar refractivity (Wildman–Crippen MR) is 327 cm³/mol. The van der Waals surface area contributed by atoms with Gasteiger partial charge in [0.15, 0.2) is 0 Å². The maximum absolute atomic E-state index is 12.2. The molecule has 0 aromatic carbocycles. The molecule has 8 nitrogen and oxygen atoms in total. The second-order valence-corrected chi connectivity index (χ2v) is 31.5. The molecular formula is C67H120FK2O8S2-. The minimum Gasteiger partial charge on any atom is -0.870 e. The summed E-state index contributed by atoms with van der Waals surface area (Å²) in [5, 5.41) is 0. The summed E-state index contributed by atoms with van der Waals surface area (Å²) in [4.78, 5) is 21.5. The summed E-state index contributed by atoms with van der Waals surface area (Å²) in [6, 6.07) is 0. The Labute approximate surface area is 581 Å². The van der Waals surface area contributed by atoms with Crippen molar-refractivity contribution >= 4 is 33.7 Å². The molecule has 6 saturated carbocycles. The van der Waals surface area contributed by atoms with Crippen molar-refractivity contribution in [2.24, 2.45) is 92.7 Å². The Morgan fingerprint density at radius 1 is 0.588 bits per heavy atom. The fraction of sp³-hybridized carbons (Fsp3) is 0.910. The average Bonchev–Trinajstić information content (AvgIpc) is 3.89. The summed E-state index contributed by atoms with van der Waals surface area (Å²) in [5.41, 5.74) is 5.15. The summed E-state index contributed by atoms with van der Waals surface area (Å²) in [5.74, 6) is 12.7. The van der Waals surface area contributed by atoms with E-state index in [1.54, 1.807) is 18.1 Å². The van der Waals surface area contributed by atoms with E-state index in [4.69, 9.17) is 9.47 Å². The first-order valence-electron chi connectivity index (χ1n) is 30.9. The molecule has 8 aliphatic carbocycles. The van der Waals surface area contributed by atoms with Crippen LogP contribution in [0.1, 0.15) is 245 Å². The van der Waals surface area contributed by atoms with E-state index in [-0.39, 0.29) is 158 Å². The molecule has 0 aliphatic heterocycles. The van der Waals surface area contributed by atoms with E-state index in [1.165, 1.54) is 116 Å². The van der Waals surface area contributed by atoms with Gasteiger partial charge < -0.3 is 25.2 Å². The molecule has 0 saturated heterocycles. The molecule has 8 aliphatic rings. The number of hydrogen-bond acceptors (Lipinski definition) is 8. The predicted octanol–water partition coefficient (Wildman–Crippen LogP) is 10.9. The molecule has 2 N–H and O–H groups in total. The third kappa shape index (κ3) is 19.8. The summed E-state index contributed by atoms with van der Waals surface area (Å²) in [7, 11) is -1.91. The van der Waals surface area contributed by atoms with E-state index in [1.807, 2.05) is 6.29 Å². The smallest absolute Gasteiger partial charge is 0.870 e. The van der Waals surface area contributed by atoms with Crippen molar-refractivity contribution in [1.29, 1.82) is 0 Å². The minimum absolute atomic E-state index is 0. The van der Waals surface area contributed by atoms with Crippen molar-refractivity contribution in [1.82, 2.24) is 0 Å². The van der Waals surface area contributed by atoms with E-state index in [0.717, 1.165) is 96.7 Å². The van der Waals surface area contributed by atoms with Gasteiger partial charge in [-0.2, -0.15) is 0 Å². The van der Waals surface area contributed by atoms with Gasteiger partial charge in [0.25, 0.3) is 0 Å². The molecule has 13 heteroatoms. The van der Waals surface area contributed by atoms with Crippen LogP contribution in [-0.4, -0.2) is 79.9 Å². The normalized spacial score (nSPS) is 35.8. The summed E-state index contributed by atoms with van der Waals surface area (Å²) in [6.07, 6.45) is 37.8. The first-order chi connectivity index (χ1) is 34.7. The van der Waals surface area contributed by atoms with E-state index in [0.29, 0.717) is 64.3 Å². The third-order valence-corrected chi connectivity index (χ3v) is 25.5. The first kappa shape index (κ1) is 82.2. The number of ketones is 1. The quantitative estimate of drug-likeness (QED) is 0.0527.